The number of ketones is 1. The Hall–Kier alpha value is -2.44. The number of hydrogen-bond donors (Lipinski definition) is 1. The third kappa shape index (κ3) is 6.46. The Labute approximate surface area is 135 Å². The number of nitro groups is 1. The second-order valence-corrected chi connectivity index (χ2v) is 6.15. The fourth-order valence-corrected chi connectivity index (χ4v) is 1.93. The molecule has 0 bridgehead atoms. The molecule has 1 amide bonds. The van der Waals surface area contributed by atoms with Crippen LogP contribution in [0, 0.1) is 10.1 Å². The van der Waals surface area contributed by atoms with E-state index in [1.165, 1.54) is 12.1 Å². The highest BCUT2D eigenvalue weighted by Crippen LogP contribution is 2.14. The predicted molar refractivity (Wildman–Crippen MR) is 85.3 cm³/mol. The maximum absolute atomic E-state index is 12.0. The molecule has 0 aliphatic carbocycles. The highest BCUT2D eigenvalue weighted by Gasteiger charge is 2.23. The minimum Gasteiger partial charge on any atom is -0.444 e. The summed E-state index contributed by atoms with van der Waals surface area (Å²) < 4.78 is 5.16. The van der Waals surface area contributed by atoms with Crippen LogP contribution in [0.2, 0.25) is 0 Å². The van der Waals surface area contributed by atoms with Gasteiger partial charge in [0.15, 0.2) is 5.78 Å². The summed E-state index contributed by atoms with van der Waals surface area (Å²) in [5.74, 6) is -0.130. The lowest BCUT2D eigenvalue weighted by Gasteiger charge is -2.23. The fourth-order valence-electron chi connectivity index (χ4n) is 1.93. The van der Waals surface area contributed by atoms with Crippen LogP contribution in [-0.2, 0) is 16.0 Å². The summed E-state index contributed by atoms with van der Waals surface area (Å²) in [5, 5.41) is 13.2. The van der Waals surface area contributed by atoms with E-state index in [1.807, 2.05) is 0 Å². The Balaban J connectivity index is 2.80. The molecule has 7 nitrogen and oxygen atoms in total. The summed E-state index contributed by atoms with van der Waals surface area (Å²) in [5.41, 5.74) is 0.0442. The van der Waals surface area contributed by atoms with Gasteiger partial charge in [-0.1, -0.05) is 19.1 Å². The monoisotopic (exact) mass is 322 g/mol. The number of benzene rings is 1. The molecule has 0 aromatic heterocycles. The summed E-state index contributed by atoms with van der Waals surface area (Å²) in [6.45, 7) is 6.92. The average Bonchev–Trinajstić information content (AvgIpc) is 2.44. The summed E-state index contributed by atoms with van der Waals surface area (Å²) >= 11 is 0. The number of rotatable bonds is 6. The first-order valence-electron chi connectivity index (χ1n) is 7.38. The van der Waals surface area contributed by atoms with Crippen molar-refractivity contribution in [1.29, 1.82) is 0 Å². The Kier molecular flexibility index (Phi) is 6.24. The molecule has 0 unspecified atom stereocenters. The molecule has 23 heavy (non-hydrogen) atoms. The van der Waals surface area contributed by atoms with E-state index in [2.05, 4.69) is 5.32 Å². The molecule has 0 spiro atoms. The van der Waals surface area contributed by atoms with Crippen molar-refractivity contribution < 1.29 is 19.2 Å². The van der Waals surface area contributed by atoms with Gasteiger partial charge in [0.1, 0.15) is 5.60 Å². The quantitative estimate of drug-likeness (QED) is 0.641. The number of Topliss-reactive ketones (excluding diaryl/α,β-unsaturated/α-hetero) is 1. The molecule has 1 aromatic rings. The lowest BCUT2D eigenvalue weighted by atomic mass is 10.0. The van der Waals surface area contributed by atoms with E-state index in [0.717, 1.165) is 5.56 Å². The molecule has 0 saturated heterocycles. The second kappa shape index (κ2) is 7.71. The number of alkyl carbamates (subject to hydrolysis) is 1. The number of amides is 1. The Morgan fingerprint density at radius 1 is 1.26 bits per heavy atom. The van der Waals surface area contributed by atoms with Crippen molar-refractivity contribution in [2.75, 3.05) is 0 Å². The van der Waals surface area contributed by atoms with E-state index in [9.17, 15) is 19.7 Å². The van der Waals surface area contributed by atoms with Gasteiger partial charge in [0.2, 0.25) is 0 Å². The molecular formula is C16H22N2O5. The van der Waals surface area contributed by atoms with Gasteiger partial charge >= 0.3 is 6.09 Å². The normalized spacial score (nSPS) is 12.3. The van der Waals surface area contributed by atoms with Crippen LogP contribution in [0.3, 0.4) is 0 Å². The van der Waals surface area contributed by atoms with Crippen LogP contribution in [0.15, 0.2) is 24.3 Å². The van der Waals surface area contributed by atoms with Crippen LogP contribution < -0.4 is 5.32 Å². The third-order valence-electron chi connectivity index (χ3n) is 3.02. The molecule has 7 heteroatoms. The number of nitro benzene ring substituents is 1. The van der Waals surface area contributed by atoms with Gasteiger partial charge in [-0.25, -0.2) is 4.79 Å². The van der Waals surface area contributed by atoms with Crippen LogP contribution in [0.25, 0.3) is 0 Å². The number of non-ortho nitro benzene ring substituents is 1. The topological polar surface area (TPSA) is 98.5 Å². The largest absolute Gasteiger partial charge is 0.444 e. The van der Waals surface area contributed by atoms with Gasteiger partial charge in [-0.3, -0.25) is 14.9 Å². The lowest BCUT2D eigenvalue weighted by molar-refractivity contribution is -0.384. The minimum atomic E-state index is -0.726. The van der Waals surface area contributed by atoms with Gasteiger partial charge in [-0.15, -0.1) is 0 Å². The van der Waals surface area contributed by atoms with Gasteiger partial charge in [0, 0.05) is 18.6 Å². The Morgan fingerprint density at radius 2 is 1.83 bits per heavy atom. The summed E-state index contributed by atoms with van der Waals surface area (Å²) in [6.07, 6.45) is -0.136. The molecule has 1 aromatic carbocycles. The van der Waals surface area contributed by atoms with Gasteiger partial charge in [-0.05, 0) is 32.8 Å². The van der Waals surface area contributed by atoms with Gasteiger partial charge in [0.25, 0.3) is 5.69 Å². The zero-order valence-electron chi connectivity index (χ0n) is 13.8. The first-order chi connectivity index (χ1) is 10.6. The zero-order chi connectivity index (χ0) is 17.6. The molecule has 1 rings (SSSR count). The minimum absolute atomic E-state index is 0.0211. The maximum Gasteiger partial charge on any atom is 0.408 e. The number of nitrogens with one attached hydrogen (secondary N) is 1. The van der Waals surface area contributed by atoms with Crippen molar-refractivity contribution in [1.82, 2.24) is 5.32 Å². The zero-order valence-corrected chi connectivity index (χ0v) is 13.8. The van der Waals surface area contributed by atoms with Crippen LogP contribution in [0.1, 0.15) is 39.7 Å². The number of carbonyl (C=O) groups excluding carboxylic acids is 2. The maximum atomic E-state index is 12.0. The van der Waals surface area contributed by atoms with E-state index in [4.69, 9.17) is 4.74 Å². The van der Waals surface area contributed by atoms with E-state index < -0.39 is 22.7 Å². The van der Waals surface area contributed by atoms with E-state index in [1.54, 1.807) is 39.8 Å². The molecular weight excluding hydrogens is 300 g/mol. The van der Waals surface area contributed by atoms with E-state index in [-0.39, 0.29) is 24.3 Å². The number of carbonyl (C=O) groups is 2. The Bertz CT molecular complexity index is 575. The van der Waals surface area contributed by atoms with Gasteiger partial charge in [-0.2, -0.15) is 0 Å². The smallest absolute Gasteiger partial charge is 0.408 e. The second-order valence-electron chi connectivity index (χ2n) is 6.15. The molecule has 0 aliphatic rings. The Morgan fingerprint density at radius 3 is 2.26 bits per heavy atom. The average molecular weight is 322 g/mol. The van der Waals surface area contributed by atoms with Gasteiger partial charge in [0.05, 0.1) is 11.0 Å². The van der Waals surface area contributed by atoms with Crippen LogP contribution >= 0.6 is 0 Å². The molecule has 1 N–H and O–H groups in total. The molecule has 0 saturated carbocycles. The highest BCUT2D eigenvalue weighted by molar-refractivity contribution is 5.87. The van der Waals surface area contributed by atoms with Crippen LogP contribution in [-0.4, -0.2) is 28.4 Å². The van der Waals surface area contributed by atoms with Crippen molar-refractivity contribution >= 4 is 17.6 Å². The third-order valence-corrected chi connectivity index (χ3v) is 3.02. The van der Waals surface area contributed by atoms with Crippen molar-refractivity contribution in [3.63, 3.8) is 0 Å². The predicted octanol–water partition coefficient (Wildman–Crippen LogP) is 3.01. The van der Waals surface area contributed by atoms with Crippen molar-refractivity contribution in [3.05, 3.63) is 39.9 Å². The molecule has 0 fully saturated rings. The lowest BCUT2D eigenvalue weighted by Crippen LogP contribution is -2.44. The highest BCUT2D eigenvalue weighted by atomic mass is 16.6. The summed E-state index contributed by atoms with van der Waals surface area (Å²) in [7, 11) is 0. The molecule has 1 atom stereocenters. The van der Waals surface area contributed by atoms with Crippen molar-refractivity contribution in [2.24, 2.45) is 0 Å². The number of nitrogens with zero attached hydrogens (tertiary/aromatic N) is 1. The van der Waals surface area contributed by atoms with E-state index in [0.29, 0.717) is 0 Å². The van der Waals surface area contributed by atoms with Crippen molar-refractivity contribution in [2.45, 2.75) is 52.2 Å². The van der Waals surface area contributed by atoms with Gasteiger partial charge < -0.3 is 10.1 Å². The molecule has 0 aliphatic heterocycles. The molecule has 126 valence electrons. The van der Waals surface area contributed by atoms with Crippen molar-refractivity contribution in [3.8, 4) is 0 Å². The van der Waals surface area contributed by atoms with Crippen LogP contribution in [0.5, 0.6) is 0 Å². The first kappa shape index (κ1) is 18.6. The van der Waals surface area contributed by atoms with E-state index >= 15 is 0 Å². The van der Waals surface area contributed by atoms with Crippen LogP contribution in [0.4, 0.5) is 10.5 Å². The summed E-state index contributed by atoms with van der Waals surface area (Å²) in [4.78, 5) is 34.0. The summed E-state index contributed by atoms with van der Waals surface area (Å²) in [6, 6.07) is 5.17. The number of hydrogen-bond acceptors (Lipinski definition) is 5. The molecule has 0 radical (unpaired) electrons. The standard InChI is InChI=1S/C16H22N2O5/c1-5-14(19)13(17-15(20)23-16(2,3)4)10-11-6-8-12(9-7-11)18(21)22/h6-9,13H,5,10H2,1-4H3,(H,17,20)/t13-/m0/s1. The molecule has 0 heterocycles. The fraction of sp³-hybridized carbons (Fsp3) is 0.500. The number of ether oxygens (including phenoxy) is 1. The first-order valence-corrected chi connectivity index (χ1v) is 7.38. The SMILES string of the molecule is CCC(=O)[C@H](Cc1ccc([N+](=O)[O-])cc1)NC(=O)OC(C)(C)C.